The molecule has 0 aliphatic carbocycles. The van der Waals surface area contributed by atoms with Crippen molar-refractivity contribution in [1.29, 1.82) is 0 Å². The van der Waals surface area contributed by atoms with Crippen LogP contribution in [0.5, 0.6) is 0 Å². The molecule has 1 aliphatic rings. The number of hydrogen-bond acceptors (Lipinski definition) is 2. The highest BCUT2D eigenvalue weighted by atomic mass is 16.2. The number of rotatable bonds is 5. The molecule has 1 saturated heterocycles. The highest BCUT2D eigenvalue weighted by Crippen LogP contribution is 2.14. The Labute approximate surface area is 115 Å². The maximum absolute atomic E-state index is 12.1. The van der Waals surface area contributed by atoms with Gasteiger partial charge in [-0.2, -0.15) is 0 Å². The lowest BCUT2D eigenvalue weighted by atomic mass is 10.0. The Balaban J connectivity index is 1.86. The number of hydrogen-bond donors (Lipinski definition) is 2. The minimum atomic E-state index is -0.0199. The molecule has 1 aromatic carbocycles. The van der Waals surface area contributed by atoms with E-state index < -0.39 is 0 Å². The number of unbranched alkanes of at least 4 members (excludes halogenated alkanes) is 1. The molecule has 0 radical (unpaired) electrons. The number of carbonyl (C=O) groups excluding carboxylic acids is 1. The third kappa shape index (κ3) is 4.35. The predicted octanol–water partition coefficient (Wildman–Crippen LogP) is 3.11. The highest BCUT2D eigenvalue weighted by molar-refractivity contribution is 5.94. The van der Waals surface area contributed by atoms with Crippen LogP contribution in [0.25, 0.3) is 0 Å². The Bertz CT molecular complexity index is 394. The van der Waals surface area contributed by atoms with Crippen LogP contribution in [-0.4, -0.2) is 18.5 Å². The second kappa shape index (κ2) is 7.29. The molecule has 1 amide bonds. The summed E-state index contributed by atoms with van der Waals surface area (Å²) in [6, 6.07) is 8.21. The molecule has 0 bridgehead atoms. The number of anilines is 1. The number of amides is 1. The first-order valence-corrected chi connectivity index (χ1v) is 7.43. The Morgan fingerprint density at radius 1 is 1.32 bits per heavy atom. The van der Waals surface area contributed by atoms with Crippen LogP contribution in [0.4, 0.5) is 5.69 Å². The first-order valence-electron chi connectivity index (χ1n) is 7.43. The van der Waals surface area contributed by atoms with E-state index in [0.29, 0.717) is 0 Å². The van der Waals surface area contributed by atoms with Crippen LogP contribution in [0.2, 0.25) is 0 Å². The van der Waals surface area contributed by atoms with Crippen molar-refractivity contribution in [3.63, 3.8) is 0 Å². The third-order valence-electron chi connectivity index (χ3n) is 3.67. The van der Waals surface area contributed by atoms with Gasteiger partial charge in [-0.25, -0.2) is 0 Å². The van der Waals surface area contributed by atoms with Gasteiger partial charge in [-0.3, -0.25) is 4.79 Å². The Morgan fingerprint density at radius 3 is 2.74 bits per heavy atom. The van der Waals surface area contributed by atoms with Crippen molar-refractivity contribution in [2.45, 2.75) is 51.5 Å². The molecular formula is C16H24N2O. The van der Waals surface area contributed by atoms with E-state index in [1.165, 1.54) is 24.8 Å². The number of piperidine rings is 1. The molecule has 2 rings (SSSR count). The lowest BCUT2D eigenvalue weighted by molar-refractivity contribution is -0.118. The summed E-state index contributed by atoms with van der Waals surface area (Å²) in [4.78, 5) is 12.1. The molecule has 1 unspecified atom stereocenters. The molecule has 3 heteroatoms. The summed E-state index contributed by atoms with van der Waals surface area (Å²) in [7, 11) is 0. The summed E-state index contributed by atoms with van der Waals surface area (Å²) in [5, 5.41) is 6.26. The van der Waals surface area contributed by atoms with E-state index in [1.54, 1.807) is 0 Å². The van der Waals surface area contributed by atoms with E-state index in [0.717, 1.165) is 31.5 Å². The van der Waals surface area contributed by atoms with E-state index >= 15 is 0 Å². The number of benzene rings is 1. The van der Waals surface area contributed by atoms with Crippen molar-refractivity contribution in [1.82, 2.24) is 5.32 Å². The van der Waals surface area contributed by atoms with E-state index in [1.807, 2.05) is 12.1 Å². The van der Waals surface area contributed by atoms with Crippen LogP contribution in [0.3, 0.4) is 0 Å². The van der Waals surface area contributed by atoms with Gasteiger partial charge in [0.15, 0.2) is 0 Å². The molecule has 1 fully saturated rings. The fourth-order valence-corrected chi connectivity index (χ4v) is 2.44. The van der Waals surface area contributed by atoms with Crippen molar-refractivity contribution in [3.05, 3.63) is 29.8 Å². The zero-order chi connectivity index (χ0) is 13.5. The van der Waals surface area contributed by atoms with Gasteiger partial charge in [0.2, 0.25) is 5.91 Å². The third-order valence-corrected chi connectivity index (χ3v) is 3.67. The highest BCUT2D eigenvalue weighted by Gasteiger charge is 2.20. The Hall–Kier alpha value is -1.35. The lowest BCUT2D eigenvalue weighted by Crippen LogP contribution is -2.43. The zero-order valence-corrected chi connectivity index (χ0v) is 11.7. The zero-order valence-electron chi connectivity index (χ0n) is 11.7. The maximum Gasteiger partial charge on any atom is 0.241 e. The minimum Gasteiger partial charge on any atom is -0.325 e. The standard InChI is InChI=1S/C16H24N2O/c1-2-3-6-13-8-10-14(11-9-13)18-16(19)15-7-4-5-12-17-15/h8-11,15,17H,2-7,12H2,1H3,(H,18,19). The molecule has 0 spiro atoms. The first kappa shape index (κ1) is 14.1. The molecule has 2 N–H and O–H groups in total. The second-order valence-electron chi connectivity index (χ2n) is 5.29. The quantitative estimate of drug-likeness (QED) is 0.854. The molecule has 3 nitrogen and oxygen atoms in total. The predicted molar refractivity (Wildman–Crippen MR) is 79.3 cm³/mol. The fraction of sp³-hybridized carbons (Fsp3) is 0.562. The Morgan fingerprint density at radius 2 is 2.11 bits per heavy atom. The average molecular weight is 260 g/mol. The van der Waals surface area contributed by atoms with Crippen LogP contribution < -0.4 is 10.6 Å². The van der Waals surface area contributed by atoms with Crippen LogP contribution in [0, 0.1) is 0 Å². The number of carbonyl (C=O) groups is 1. The van der Waals surface area contributed by atoms with E-state index in [4.69, 9.17) is 0 Å². The van der Waals surface area contributed by atoms with Gasteiger partial charge in [-0.05, 0) is 49.9 Å². The molecular weight excluding hydrogens is 236 g/mol. The summed E-state index contributed by atoms with van der Waals surface area (Å²) < 4.78 is 0. The SMILES string of the molecule is CCCCc1ccc(NC(=O)C2CCCCN2)cc1. The van der Waals surface area contributed by atoms with Crippen LogP contribution in [0.15, 0.2) is 24.3 Å². The van der Waals surface area contributed by atoms with Gasteiger partial charge in [-0.15, -0.1) is 0 Å². The minimum absolute atomic E-state index is 0.0199. The van der Waals surface area contributed by atoms with Gasteiger partial charge < -0.3 is 10.6 Å². The second-order valence-corrected chi connectivity index (χ2v) is 5.29. The molecule has 1 heterocycles. The first-order chi connectivity index (χ1) is 9.29. The largest absolute Gasteiger partial charge is 0.325 e. The molecule has 1 atom stereocenters. The number of aryl methyl sites for hydroxylation is 1. The van der Waals surface area contributed by atoms with Crippen molar-refractivity contribution >= 4 is 11.6 Å². The lowest BCUT2D eigenvalue weighted by Gasteiger charge is -2.22. The topological polar surface area (TPSA) is 41.1 Å². The van der Waals surface area contributed by atoms with Crippen molar-refractivity contribution in [2.24, 2.45) is 0 Å². The molecule has 104 valence electrons. The molecule has 19 heavy (non-hydrogen) atoms. The molecule has 1 aliphatic heterocycles. The van der Waals surface area contributed by atoms with Gasteiger partial charge >= 0.3 is 0 Å². The van der Waals surface area contributed by atoms with Crippen molar-refractivity contribution < 1.29 is 4.79 Å². The average Bonchev–Trinajstić information content (AvgIpc) is 2.47. The summed E-state index contributed by atoms with van der Waals surface area (Å²) in [5.41, 5.74) is 2.24. The maximum atomic E-state index is 12.1. The number of nitrogens with one attached hydrogen (secondary N) is 2. The van der Waals surface area contributed by atoms with E-state index in [9.17, 15) is 4.79 Å². The van der Waals surface area contributed by atoms with Gasteiger partial charge in [0, 0.05) is 5.69 Å². The molecule has 0 saturated carbocycles. The van der Waals surface area contributed by atoms with E-state index in [-0.39, 0.29) is 11.9 Å². The van der Waals surface area contributed by atoms with Gasteiger partial charge in [0.05, 0.1) is 6.04 Å². The normalized spacial score (nSPS) is 19.1. The van der Waals surface area contributed by atoms with Crippen LogP contribution >= 0.6 is 0 Å². The molecule has 0 aromatic heterocycles. The van der Waals surface area contributed by atoms with Gasteiger partial charge in [0.1, 0.15) is 0 Å². The smallest absolute Gasteiger partial charge is 0.241 e. The fourth-order valence-electron chi connectivity index (χ4n) is 2.44. The summed E-state index contributed by atoms with van der Waals surface area (Å²) >= 11 is 0. The molecule has 1 aromatic rings. The monoisotopic (exact) mass is 260 g/mol. The summed E-state index contributed by atoms with van der Waals surface area (Å²) in [6.45, 7) is 3.15. The van der Waals surface area contributed by atoms with Gasteiger partial charge in [-0.1, -0.05) is 31.9 Å². The Kier molecular flexibility index (Phi) is 5.40. The van der Waals surface area contributed by atoms with Gasteiger partial charge in [0.25, 0.3) is 0 Å². The summed E-state index contributed by atoms with van der Waals surface area (Å²) in [5.74, 6) is 0.0982. The van der Waals surface area contributed by atoms with Crippen molar-refractivity contribution in [3.8, 4) is 0 Å². The van der Waals surface area contributed by atoms with Crippen molar-refractivity contribution in [2.75, 3.05) is 11.9 Å². The summed E-state index contributed by atoms with van der Waals surface area (Å²) in [6.07, 6.45) is 6.82. The van der Waals surface area contributed by atoms with E-state index in [2.05, 4.69) is 29.7 Å². The van der Waals surface area contributed by atoms with Crippen LogP contribution in [0.1, 0.15) is 44.6 Å². The van der Waals surface area contributed by atoms with Crippen LogP contribution in [-0.2, 0) is 11.2 Å².